The largest absolute Gasteiger partial charge is 0.349 e. The second kappa shape index (κ2) is 8.13. The first-order chi connectivity index (χ1) is 11.1. The maximum absolute atomic E-state index is 12.5. The highest BCUT2D eigenvalue weighted by Gasteiger charge is 2.27. The minimum Gasteiger partial charge on any atom is -0.349 e. The van der Waals surface area contributed by atoms with E-state index < -0.39 is 0 Å². The Kier molecular flexibility index (Phi) is 6.19. The van der Waals surface area contributed by atoms with E-state index in [-0.39, 0.29) is 17.9 Å². The summed E-state index contributed by atoms with van der Waals surface area (Å²) in [6.07, 6.45) is 5.70. The lowest BCUT2D eigenvalue weighted by atomic mass is 10.1. The van der Waals surface area contributed by atoms with Crippen molar-refractivity contribution in [1.82, 2.24) is 20.2 Å². The minimum atomic E-state index is -0.177. The number of carbonyl (C=O) groups is 2. The van der Waals surface area contributed by atoms with Gasteiger partial charge in [0, 0.05) is 19.1 Å². The predicted molar refractivity (Wildman–Crippen MR) is 89.6 cm³/mol. The number of imidazole rings is 1. The Balaban J connectivity index is 2.23. The van der Waals surface area contributed by atoms with Crippen LogP contribution >= 0.6 is 0 Å². The molecule has 1 aromatic rings. The number of amides is 2. The molecule has 1 aromatic heterocycles. The summed E-state index contributed by atoms with van der Waals surface area (Å²) in [6, 6.07) is 0.102. The molecule has 2 heterocycles. The van der Waals surface area contributed by atoms with Crippen molar-refractivity contribution in [2.45, 2.75) is 71.9 Å². The molecule has 1 aliphatic heterocycles. The summed E-state index contributed by atoms with van der Waals surface area (Å²) < 4.78 is 1.93. The van der Waals surface area contributed by atoms with Gasteiger partial charge in [-0.15, -0.1) is 0 Å². The van der Waals surface area contributed by atoms with E-state index in [4.69, 9.17) is 0 Å². The van der Waals surface area contributed by atoms with Gasteiger partial charge in [0.05, 0.1) is 5.69 Å². The number of aromatic nitrogens is 2. The first-order valence-corrected chi connectivity index (χ1v) is 8.76. The molecule has 0 aromatic carbocycles. The predicted octanol–water partition coefficient (Wildman–Crippen LogP) is 2.28. The highest BCUT2D eigenvalue weighted by Crippen LogP contribution is 2.21. The average molecular weight is 320 g/mol. The summed E-state index contributed by atoms with van der Waals surface area (Å²) in [5.41, 5.74) is 1.32. The van der Waals surface area contributed by atoms with E-state index in [1.807, 2.05) is 18.4 Å². The zero-order chi connectivity index (χ0) is 16.8. The summed E-state index contributed by atoms with van der Waals surface area (Å²) >= 11 is 0. The van der Waals surface area contributed by atoms with Crippen molar-refractivity contribution in [3.8, 4) is 0 Å². The lowest BCUT2D eigenvalue weighted by Gasteiger charge is -2.17. The van der Waals surface area contributed by atoms with E-state index in [9.17, 15) is 9.59 Å². The normalized spacial score (nSPS) is 14.9. The molecule has 23 heavy (non-hydrogen) atoms. The van der Waals surface area contributed by atoms with Gasteiger partial charge < -0.3 is 15.2 Å². The summed E-state index contributed by atoms with van der Waals surface area (Å²) in [6.45, 7) is 7.49. The molecule has 6 heteroatoms. The molecule has 2 amide bonds. The SMILES string of the molecule is CCCCNC(=O)c1nc(C(=O)NC(C)CC)c2n1CCCC2. The lowest BCUT2D eigenvalue weighted by molar-refractivity contribution is 0.0933. The van der Waals surface area contributed by atoms with Crippen LogP contribution in [0.3, 0.4) is 0 Å². The van der Waals surface area contributed by atoms with E-state index in [1.165, 1.54) is 0 Å². The maximum atomic E-state index is 12.5. The smallest absolute Gasteiger partial charge is 0.287 e. The molecule has 1 aliphatic rings. The average Bonchev–Trinajstić information content (AvgIpc) is 2.94. The Labute approximate surface area is 138 Å². The minimum absolute atomic E-state index is 0.102. The Morgan fingerprint density at radius 3 is 2.74 bits per heavy atom. The van der Waals surface area contributed by atoms with Gasteiger partial charge in [0.25, 0.3) is 11.8 Å². The number of nitrogens with one attached hydrogen (secondary N) is 2. The highest BCUT2D eigenvalue weighted by molar-refractivity contribution is 5.97. The molecule has 2 N–H and O–H groups in total. The molecular weight excluding hydrogens is 292 g/mol. The first kappa shape index (κ1) is 17.5. The quantitative estimate of drug-likeness (QED) is 0.757. The molecule has 0 saturated carbocycles. The Bertz CT molecular complexity index is 565. The molecule has 0 aliphatic carbocycles. The van der Waals surface area contributed by atoms with E-state index in [2.05, 4.69) is 22.5 Å². The molecule has 0 fully saturated rings. The van der Waals surface area contributed by atoms with Crippen LogP contribution < -0.4 is 10.6 Å². The molecule has 1 unspecified atom stereocenters. The molecule has 0 saturated heterocycles. The number of carbonyl (C=O) groups excluding carboxylic acids is 2. The Hall–Kier alpha value is -1.85. The van der Waals surface area contributed by atoms with Crippen molar-refractivity contribution < 1.29 is 9.59 Å². The third-order valence-corrected chi connectivity index (χ3v) is 4.34. The van der Waals surface area contributed by atoms with E-state index in [0.29, 0.717) is 18.1 Å². The number of unbranched alkanes of at least 4 members (excludes halogenated alkanes) is 1. The van der Waals surface area contributed by atoms with Gasteiger partial charge in [0.1, 0.15) is 5.69 Å². The number of fused-ring (bicyclic) bond motifs is 1. The fourth-order valence-corrected chi connectivity index (χ4v) is 2.75. The van der Waals surface area contributed by atoms with Crippen molar-refractivity contribution in [2.75, 3.05) is 6.54 Å². The number of rotatable bonds is 7. The zero-order valence-electron chi connectivity index (χ0n) is 14.4. The third-order valence-electron chi connectivity index (χ3n) is 4.34. The van der Waals surface area contributed by atoms with Crippen molar-refractivity contribution in [3.05, 3.63) is 17.2 Å². The summed E-state index contributed by atoms with van der Waals surface area (Å²) in [5.74, 6) is 0.0342. The molecule has 128 valence electrons. The van der Waals surface area contributed by atoms with Gasteiger partial charge in [-0.25, -0.2) is 4.98 Å². The van der Waals surface area contributed by atoms with Gasteiger partial charge in [-0.1, -0.05) is 20.3 Å². The standard InChI is InChI=1S/C17H28N4O2/c1-4-6-10-18-17(23)15-20-14(16(22)19-12(3)5-2)13-9-7-8-11-21(13)15/h12H,4-11H2,1-3H3,(H,18,23)(H,19,22). The molecule has 6 nitrogen and oxygen atoms in total. The summed E-state index contributed by atoms with van der Waals surface area (Å²) in [4.78, 5) is 29.2. The van der Waals surface area contributed by atoms with Crippen LogP contribution in [-0.2, 0) is 13.0 Å². The van der Waals surface area contributed by atoms with Crippen LogP contribution in [0.1, 0.15) is 79.7 Å². The van der Waals surface area contributed by atoms with Crippen molar-refractivity contribution >= 4 is 11.8 Å². The van der Waals surface area contributed by atoms with Gasteiger partial charge in [-0.3, -0.25) is 9.59 Å². The van der Waals surface area contributed by atoms with E-state index in [1.54, 1.807) is 0 Å². The van der Waals surface area contributed by atoms with Crippen molar-refractivity contribution in [3.63, 3.8) is 0 Å². The maximum Gasteiger partial charge on any atom is 0.287 e. The lowest BCUT2D eigenvalue weighted by Crippen LogP contribution is -2.33. The van der Waals surface area contributed by atoms with Crippen molar-refractivity contribution in [2.24, 2.45) is 0 Å². The Morgan fingerprint density at radius 1 is 1.26 bits per heavy atom. The topological polar surface area (TPSA) is 76.0 Å². The van der Waals surface area contributed by atoms with Gasteiger partial charge >= 0.3 is 0 Å². The van der Waals surface area contributed by atoms with Crippen LogP contribution in [0.4, 0.5) is 0 Å². The fourth-order valence-electron chi connectivity index (χ4n) is 2.75. The molecule has 2 rings (SSSR count). The number of nitrogens with zero attached hydrogens (tertiary/aromatic N) is 2. The second-order valence-electron chi connectivity index (χ2n) is 6.23. The second-order valence-corrected chi connectivity index (χ2v) is 6.23. The molecule has 0 bridgehead atoms. The van der Waals surface area contributed by atoms with Gasteiger partial charge in [0.2, 0.25) is 0 Å². The van der Waals surface area contributed by atoms with E-state index >= 15 is 0 Å². The zero-order valence-corrected chi connectivity index (χ0v) is 14.4. The van der Waals surface area contributed by atoms with Gasteiger partial charge in [0.15, 0.2) is 5.82 Å². The monoisotopic (exact) mass is 320 g/mol. The van der Waals surface area contributed by atoms with Gasteiger partial charge in [-0.2, -0.15) is 0 Å². The Morgan fingerprint density at radius 2 is 2.04 bits per heavy atom. The van der Waals surface area contributed by atoms with Crippen LogP contribution in [0, 0.1) is 0 Å². The molecule has 0 radical (unpaired) electrons. The highest BCUT2D eigenvalue weighted by atomic mass is 16.2. The molecule has 0 spiro atoms. The van der Waals surface area contributed by atoms with Gasteiger partial charge in [-0.05, 0) is 39.0 Å². The van der Waals surface area contributed by atoms with Crippen molar-refractivity contribution in [1.29, 1.82) is 0 Å². The van der Waals surface area contributed by atoms with Crippen LogP contribution in [-0.4, -0.2) is 34.0 Å². The van der Waals surface area contributed by atoms with Crippen LogP contribution in [0.5, 0.6) is 0 Å². The number of hydrogen-bond donors (Lipinski definition) is 2. The third kappa shape index (κ3) is 4.12. The van der Waals surface area contributed by atoms with Crippen LogP contribution in [0.15, 0.2) is 0 Å². The molecule has 1 atom stereocenters. The summed E-state index contributed by atoms with van der Waals surface area (Å²) in [7, 11) is 0. The first-order valence-electron chi connectivity index (χ1n) is 8.76. The number of hydrogen-bond acceptors (Lipinski definition) is 3. The van der Waals surface area contributed by atoms with E-state index in [0.717, 1.165) is 50.8 Å². The summed E-state index contributed by atoms with van der Waals surface area (Å²) in [5, 5.41) is 5.85. The van der Waals surface area contributed by atoms with Crippen LogP contribution in [0.25, 0.3) is 0 Å². The van der Waals surface area contributed by atoms with Crippen LogP contribution in [0.2, 0.25) is 0 Å². The molecular formula is C17H28N4O2. The fraction of sp³-hybridized carbons (Fsp3) is 0.706.